The maximum Gasteiger partial charge on any atom is 0.262 e. The number of rotatable bonds is 6. The van der Waals surface area contributed by atoms with Crippen LogP contribution in [0.4, 0.5) is 5.69 Å². The van der Waals surface area contributed by atoms with E-state index in [1.54, 1.807) is 12.1 Å². The third kappa shape index (κ3) is 4.73. The largest absolute Gasteiger partial charge is 0.493 e. The number of halogens is 1. The number of benzene rings is 2. The van der Waals surface area contributed by atoms with E-state index in [2.05, 4.69) is 26.4 Å². The zero-order valence-corrected chi connectivity index (χ0v) is 14.8. The Labute approximate surface area is 148 Å². The fourth-order valence-electron chi connectivity index (χ4n) is 1.96. The monoisotopic (exact) mass is 392 g/mol. The molecule has 126 valence electrons. The van der Waals surface area contributed by atoms with Crippen LogP contribution >= 0.6 is 15.9 Å². The molecule has 0 spiro atoms. The summed E-state index contributed by atoms with van der Waals surface area (Å²) in [5.41, 5.74) is 2.44. The maximum absolute atomic E-state index is 12.0. The molecule has 0 unspecified atom stereocenters. The van der Waals surface area contributed by atoms with E-state index < -0.39 is 0 Å². The van der Waals surface area contributed by atoms with Crippen molar-refractivity contribution < 1.29 is 19.5 Å². The van der Waals surface area contributed by atoms with Gasteiger partial charge in [-0.1, -0.05) is 22.9 Å². The van der Waals surface area contributed by atoms with Gasteiger partial charge in [-0.2, -0.15) is 0 Å². The number of nitrogens with zero attached hydrogens (tertiary/aromatic N) is 1. The molecular weight excluding hydrogens is 376 g/mol. The molecule has 2 aromatic carbocycles. The molecule has 0 atom stereocenters. The lowest BCUT2D eigenvalue weighted by molar-refractivity contribution is -0.118. The average molecular weight is 393 g/mol. The first-order valence-corrected chi connectivity index (χ1v) is 7.87. The number of hydrogen-bond acceptors (Lipinski definition) is 5. The second-order valence-corrected chi connectivity index (χ2v) is 5.83. The zero-order chi connectivity index (χ0) is 17.5. The Kier molecular flexibility index (Phi) is 6.20. The Balaban J connectivity index is 2.04. The molecule has 7 heteroatoms. The van der Waals surface area contributed by atoms with Gasteiger partial charge in [0.2, 0.25) is 0 Å². The number of hydrogen-bond donors (Lipinski definition) is 2. The van der Waals surface area contributed by atoms with E-state index in [-0.39, 0.29) is 12.5 Å². The number of carbonyl (C=O) groups excluding carboxylic acids is 1. The summed E-state index contributed by atoms with van der Waals surface area (Å²) in [4.78, 5) is 12.0. The molecule has 0 aliphatic rings. The second kappa shape index (κ2) is 8.35. The second-order valence-electron chi connectivity index (χ2n) is 4.97. The van der Waals surface area contributed by atoms with Crippen LogP contribution in [0.15, 0.2) is 46.0 Å². The maximum atomic E-state index is 12.0. The highest BCUT2D eigenvalue weighted by Crippen LogP contribution is 2.32. The van der Waals surface area contributed by atoms with Gasteiger partial charge >= 0.3 is 0 Å². The van der Waals surface area contributed by atoms with Crippen molar-refractivity contribution in [2.45, 2.75) is 6.92 Å². The standard InChI is InChI=1S/C17H17BrN2O4/c1-11-3-5-13(6-4-11)20-17(21)10-24-16-8-14(18)12(9-19-22)7-15(16)23-2/h3-9,22H,10H2,1-2H3,(H,20,21). The fraction of sp³-hybridized carbons (Fsp3) is 0.176. The molecule has 0 saturated heterocycles. The van der Waals surface area contributed by atoms with Crippen LogP contribution in [0.2, 0.25) is 0 Å². The first-order chi connectivity index (χ1) is 11.5. The number of ether oxygens (including phenoxy) is 2. The summed E-state index contributed by atoms with van der Waals surface area (Å²) in [5, 5.41) is 14.4. The van der Waals surface area contributed by atoms with Gasteiger partial charge in [-0.05, 0) is 47.1 Å². The third-order valence-electron chi connectivity index (χ3n) is 3.17. The van der Waals surface area contributed by atoms with E-state index in [0.29, 0.717) is 27.2 Å². The number of oxime groups is 1. The minimum atomic E-state index is -0.280. The highest BCUT2D eigenvalue weighted by molar-refractivity contribution is 9.10. The molecule has 0 bridgehead atoms. The van der Waals surface area contributed by atoms with Gasteiger partial charge in [0.1, 0.15) is 0 Å². The van der Waals surface area contributed by atoms with E-state index >= 15 is 0 Å². The van der Waals surface area contributed by atoms with Gasteiger partial charge in [0, 0.05) is 15.7 Å². The van der Waals surface area contributed by atoms with Crippen LogP contribution in [0.25, 0.3) is 0 Å². The summed E-state index contributed by atoms with van der Waals surface area (Å²) in [5.74, 6) is 0.549. The highest BCUT2D eigenvalue weighted by Gasteiger charge is 2.11. The number of nitrogens with one attached hydrogen (secondary N) is 1. The summed E-state index contributed by atoms with van der Waals surface area (Å²) >= 11 is 3.34. The summed E-state index contributed by atoms with van der Waals surface area (Å²) in [6.45, 7) is 1.81. The molecule has 2 rings (SSSR count). The van der Waals surface area contributed by atoms with E-state index in [4.69, 9.17) is 14.7 Å². The first-order valence-electron chi connectivity index (χ1n) is 7.07. The average Bonchev–Trinajstić information content (AvgIpc) is 2.57. The smallest absolute Gasteiger partial charge is 0.262 e. The summed E-state index contributed by atoms with van der Waals surface area (Å²) < 4.78 is 11.4. The van der Waals surface area contributed by atoms with Crippen LogP contribution in [0, 0.1) is 6.92 Å². The minimum Gasteiger partial charge on any atom is -0.493 e. The summed E-state index contributed by atoms with van der Waals surface area (Å²) in [7, 11) is 1.49. The van der Waals surface area contributed by atoms with Gasteiger partial charge in [-0.3, -0.25) is 4.79 Å². The van der Waals surface area contributed by atoms with Crippen LogP contribution in [0.5, 0.6) is 11.5 Å². The predicted octanol–water partition coefficient (Wildman–Crippen LogP) is 3.59. The van der Waals surface area contributed by atoms with Crippen LogP contribution in [-0.2, 0) is 4.79 Å². The molecule has 24 heavy (non-hydrogen) atoms. The van der Waals surface area contributed by atoms with Crippen LogP contribution in [0.1, 0.15) is 11.1 Å². The lowest BCUT2D eigenvalue weighted by Crippen LogP contribution is -2.20. The Morgan fingerprint density at radius 2 is 2.00 bits per heavy atom. The van der Waals surface area contributed by atoms with Crippen molar-refractivity contribution in [2.75, 3.05) is 19.0 Å². The molecule has 0 fully saturated rings. The van der Waals surface area contributed by atoms with Crippen molar-refractivity contribution in [3.8, 4) is 11.5 Å². The highest BCUT2D eigenvalue weighted by atomic mass is 79.9. The van der Waals surface area contributed by atoms with E-state index in [1.807, 2.05) is 31.2 Å². The molecule has 0 saturated carbocycles. The van der Waals surface area contributed by atoms with Crippen LogP contribution in [-0.4, -0.2) is 31.0 Å². The number of amides is 1. The molecule has 2 N–H and O–H groups in total. The van der Waals surface area contributed by atoms with Crippen LogP contribution in [0.3, 0.4) is 0 Å². The van der Waals surface area contributed by atoms with Crippen molar-refractivity contribution >= 4 is 33.7 Å². The van der Waals surface area contributed by atoms with Gasteiger partial charge < -0.3 is 20.0 Å². The third-order valence-corrected chi connectivity index (χ3v) is 3.86. The molecule has 0 aliphatic heterocycles. The normalized spacial score (nSPS) is 10.6. The molecule has 1 amide bonds. The first kappa shape index (κ1) is 17.8. The minimum absolute atomic E-state index is 0.163. The molecular formula is C17H17BrN2O4. The van der Waals surface area contributed by atoms with Crippen molar-refractivity contribution in [1.29, 1.82) is 0 Å². The van der Waals surface area contributed by atoms with Gasteiger partial charge in [-0.25, -0.2) is 0 Å². The number of aryl methyl sites for hydroxylation is 1. The molecule has 2 aromatic rings. The lowest BCUT2D eigenvalue weighted by atomic mass is 10.2. The van der Waals surface area contributed by atoms with Crippen LogP contribution < -0.4 is 14.8 Å². The van der Waals surface area contributed by atoms with E-state index in [1.165, 1.54) is 13.3 Å². The molecule has 0 aromatic heterocycles. The Bertz CT molecular complexity index is 745. The van der Waals surface area contributed by atoms with E-state index in [0.717, 1.165) is 5.56 Å². The van der Waals surface area contributed by atoms with Crippen molar-refractivity contribution in [2.24, 2.45) is 5.16 Å². The van der Waals surface area contributed by atoms with Crippen molar-refractivity contribution in [3.05, 3.63) is 52.0 Å². The molecule has 6 nitrogen and oxygen atoms in total. The van der Waals surface area contributed by atoms with Crippen molar-refractivity contribution in [3.63, 3.8) is 0 Å². The quantitative estimate of drug-likeness (QED) is 0.447. The molecule has 0 heterocycles. The Morgan fingerprint density at radius 3 is 2.62 bits per heavy atom. The van der Waals surface area contributed by atoms with E-state index in [9.17, 15) is 4.79 Å². The summed E-state index contributed by atoms with van der Waals surface area (Å²) in [6, 6.07) is 10.8. The number of anilines is 1. The SMILES string of the molecule is COc1cc(C=NO)c(Br)cc1OCC(=O)Nc1ccc(C)cc1. The van der Waals surface area contributed by atoms with Gasteiger partial charge in [0.25, 0.3) is 5.91 Å². The number of methoxy groups -OCH3 is 1. The van der Waals surface area contributed by atoms with Gasteiger partial charge in [0.05, 0.1) is 13.3 Å². The topological polar surface area (TPSA) is 80.2 Å². The Hall–Kier alpha value is -2.54. The zero-order valence-electron chi connectivity index (χ0n) is 13.2. The molecule has 0 radical (unpaired) electrons. The fourth-order valence-corrected chi connectivity index (χ4v) is 2.39. The summed E-state index contributed by atoms with van der Waals surface area (Å²) in [6.07, 6.45) is 1.26. The lowest BCUT2D eigenvalue weighted by Gasteiger charge is -2.12. The van der Waals surface area contributed by atoms with Gasteiger partial charge in [-0.15, -0.1) is 0 Å². The number of carbonyl (C=O) groups is 1. The van der Waals surface area contributed by atoms with Crippen molar-refractivity contribution in [1.82, 2.24) is 0 Å². The van der Waals surface area contributed by atoms with Gasteiger partial charge in [0.15, 0.2) is 18.1 Å². The molecule has 0 aliphatic carbocycles. The Morgan fingerprint density at radius 1 is 1.29 bits per heavy atom. The predicted molar refractivity (Wildman–Crippen MR) is 95.4 cm³/mol.